The second-order valence-electron chi connectivity index (χ2n) is 5.99. The van der Waals surface area contributed by atoms with Gasteiger partial charge in [-0.25, -0.2) is 0 Å². The van der Waals surface area contributed by atoms with Gasteiger partial charge in [-0.2, -0.15) is 0 Å². The minimum absolute atomic E-state index is 0.765. The zero-order chi connectivity index (χ0) is 13.8. The number of hydrogen-bond donors (Lipinski definition) is 1. The highest BCUT2D eigenvalue weighted by Crippen LogP contribution is 2.21. The lowest BCUT2D eigenvalue weighted by Crippen LogP contribution is -2.35. The number of nitrogens with zero attached hydrogens (tertiary/aromatic N) is 3. The van der Waals surface area contributed by atoms with E-state index in [4.69, 9.17) is 4.52 Å². The van der Waals surface area contributed by atoms with Crippen LogP contribution in [0.2, 0.25) is 0 Å². The average Bonchev–Trinajstić information content (AvgIpc) is 3.18. The quantitative estimate of drug-likeness (QED) is 0.853. The number of rotatable bonds is 6. The summed E-state index contributed by atoms with van der Waals surface area (Å²) in [5.74, 6) is 1.000. The van der Waals surface area contributed by atoms with Crippen molar-refractivity contribution in [1.82, 2.24) is 20.3 Å². The smallest absolute Gasteiger partial charge is 0.151 e. The third-order valence-electron chi connectivity index (χ3n) is 4.45. The molecule has 5 nitrogen and oxygen atoms in total. The highest BCUT2D eigenvalue weighted by Gasteiger charge is 2.29. The summed E-state index contributed by atoms with van der Waals surface area (Å²) < 4.78 is 5.44. The van der Waals surface area contributed by atoms with Crippen LogP contribution in [0.4, 0.5) is 0 Å². The predicted molar refractivity (Wildman–Crippen MR) is 78.4 cm³/mol. The van der Waals surface area contributed by atoms with E-state index in [0.717, 1.165) is 37.1 Å². The minimum atomic E-state index is 0.765. The number of hydrogen-bond acceptors (Lipinski definition) is 5. The van der Waals surface area contributed by atoms with Crippen LogP contribution in [0.1, 0.15) is 37.6 Å². The molecule has 3 heterocycles. The van der Waals surface area contributed by atoms with E-state index in [9.17, 15) is 0 Å². The van der Waals surface area contributed by atoms with Gasteiger partial charge in [0.1, 0.15) is 0 Å². The van der Waals surface area contributed by atoms with E-state index in [1.807, 2.05) is 0 Å². The first-order valence-electron chi connectivity index (χ1n) is 7.96. The van der Waals surface area contributed by atoms with E-state index >= 15 is 0 Å². The minimum Gasteiger partial charge on any atom is -0.360 e. The zero-order valence-electron chi connectivity index (χ0n) is 12.5. The van der Waals surface area contributed by atoms with E-state index in [1.54, 1.807) is 0 Å². The van der Waals surface area contributed by atoms with Crippen LogP contribution in [0.5, 0.6) is 0 Å². The van der Waals surface area contributed by atoms with Gasteiger partial charge in [-0.15, -0.1) is 0 Å². The van der Waals surface area contributed by atoms with Crippen molar-refractivity contribution in [3.05, 3.63) is 17.5 Å². The molecule has 1 aromatic heterocycles. The maximum absolute atomic E-state index is 5.44. The molecule has 0 radical (unpaired) electrons. The molecule has 0 saturated carbocycles. The van der Waals surface area contributed by atoms with Crippen molar-refractivity contribution in [2.45, 2.75) is 45.3 Å². The molecule has 2 aliphatic heterocycles. The first-order chi connectivity index (χ1) is 9.85. The fourth-order valence-electron chi connectivity index (χ4n) is 3.35. The lowest BCUT2D eigenvalue weighted by molar-refractivity contribution is 0.219. The monoisotopic (exact) mass is 278 g/mol. The molecule has 2 saturated heterocycles. The van der Waals surface area contributed by atoms with Crippen molar-refractivity contribution in [2.24, 2.45) is 0 Å². The molecule has 0 spiro atoms. The van der Waals surface area contributed by atoms with Crippen LogP contribution in [0.25, 0.3) is 0 Å². The average molecular weight is 278 g/mol. The van der Waals surface area contributed by atoms with Crippen molar-refractivity contribution in [1.29, 1.82) is 0 Å². The van der Waals surface area contributed by atoms with Crippen molar-refractivity contribution in [3.8, 4) is 0 Å². The van der Waals surface area contributed by atoms with Gasteiger partial charge in [0.25, 0.3) is 0 Å². The molecule has 3 rings (SSSR count). The second kappa shape index (κ2) is 6.70. The van der Waals surface area contributed by atoms with E-state index in [1.165, 1.54) is 45.4 Å². The molecule has 2 fully saturated rings. The highest BCUT2D eigenvalue weighted by atomic mass is 16.5. The van der Waals surface area contributed by atoms with Crippen LogP contribution in [0, 0.1) is 0 Å². The second-order valence-corrected chi connectivity index (χ2v) is 5.99. The summed E-state index contributed by atoms with van der Waals surface area (Å²) in [5, 5.41) is 7.39. The molecule has 0 bridgehead atoms. The Kier molecular flexibility index (Phi) is 4.70. The molecule has 2 aliphatic rings. The summed E-state index contributed by atoms with van der Waals surface area (Å²) >= 11 is 0. The number of aromatic nitrogens is 1. The number of likely N-dealkylation sites (tertiary alicyclic amines) is 2. The van der Waals surface area contributed by atoms with Crippen LogP contribution < -0.4 is 5.32 Å². The molecular weight excluding hydrogens is 252 g/mol. The SMILES string of the molecule is CCNCc1cc(CN2CCC(N3CCCC3)C2)on1. The normalized spacial score (nSPS) is 24.8. The van der Waals surface area contributed by atoms with Crippen molar-refractivity contribution < 1.29 is 4.52 Å². The Bertz CT molecular complexity index is 414. The summed E-state index contributed by atoms with van der Waals surface area (Å²) in [6, 6.07) is 2.85. The van der Waals surface area contributed by atoms with E-state index in [-0.39, 0.29) is 0 Å². The Hall–Kier alpha value is -0.910. The topological polar surface area (TPSA) is 44.5 Å². The van der Waals surface area contributed by atoms with Gasteiger partial charge in [0.15, 0.2) is 5.76 Å². The van der Waals surface area contributed by atoms with Crippen molar-refractivity contribution in [2.75, 3.05) is 32.7 Å². The third kappa shape index (κ3) is 3.40. The van der Waals surface area contributed by atoms with Gasteiger partial charge in [0.2, 0.25) is 0 Å². The lowest BCUT2D eigenvalue weighted by Gasteiger charge is -2.23. The fraction of sp³-hybridized carbons (Fsp3) is 0.800. The summed E-state index contributed by atoms with van der Waals surface area (Å²) in [6.07, 6.45) is 4.07. The first kappa shape index (κ1) is 14.0. The van der Waals surface area contributed by atoms with Gasteiger partial charge < -0.3 is 9.84 Å². The maximum Gasteiger partial charge on any atom is 0.151 e. The molecule has 1 aromatic rings. The van der Waals surface area contributed by atoms with Gasteiger partial charge in [0, 0.05) is 31.7 Å². The van der Waals surface area contributed by atoms with Gasteiger partial charge in [-0.05, 0) is 38.9 Å². The lowest BCUT2D eigenvalue weighted by atomic mass is 10.2. The predicted octanol–water partition coefficient (Wildman–Crippen LogP) is 1.45. The molecule has 1 atom stereocenters. The molecule has 1 unspecified atom stereocenters. The molecule has 0 amide bonds. The van der Waals surface area contributed by atoms with Gasteiger partial charge >= 0.3 is 0 Å². The Morgan fingerprint density at radius 1 is 1.35 bits per heavy atom. The third-order valence-corrected chi connectivity index (χ3v) is 4.45. The van der Waals surface area contributed by atoms with Crippen LogP contribution >= 0.6 is 0 Å². The van der Waals surface area contributed by atoms with Crippen molar-refractivity contribution in [3.63, 3.8) is 0 Å². The summed E-state index contributed by atoms with van der Waals surface area (Å²) in [5.41, 5.74) is 1.01. The van der Waals surface area contributed by atoms with Gasteiger partial charge in [-0.3, -0.25) is 9.80 Å². The highest BCUT2D eigenvalue weighted by molar-refractivity contribution is 5.05. The van der Waals surface area contributed by atoms with E-state index < -0.39 is 0 Å². The van der Waals surface area contributed by atoms with E-state index in [0.29, 0.717) is 0 Å². The molecule has 5 heteroatoms. The molecule has 112 valence electrons. The van der Waals surface area contributed by atoms with Crippen LogP contribution in [-0.2, 0) is 13.1 Å². The van der Waals surface area contributed by atoms with E-state index in [2.05, 4.69) is 33.3 Å². The van der Waals surface area contributed by atoms with Crippen LogP contribution in [-0.4, -0.2) is 53.7 Å². The zero-order valence-corrected chi connectivity index (χ0v) is 12.5. The molecule has 1 N–H and O–H groups in total. The van der Waals surface area contributed by atoms with Crippen molar-refractivity contribution >= 4 is 0 Å². The molecular formula is C15H26N4O. The maximum atomic E-state index is 5.44. The number of nitrogens with one attached hydrogen (secondary N) is 1. The largest absolute Gasteiger partial charge is 0.360 e. The Labute approximate surface area is 121 Å². The standard InChI is InChI=1S/C15H26N4O/c1-2-16-10-13-9-15(20-17-13)12-18-8-5-14(11-18)19-6-3-4-7-19/h9,14,16H,2-8,10-12H2,1H3. The summed E-state index contributed by atoms with van der Waals surface area (Å²) in [6.45, 7) is 9.74. The Morgan fingerprint density at radius 2 is 2.20 bits per heavy atom. The van der Waals surface area contributed by atoms with Crippen LogP contribution in [0.3, 0.4) is 0 Å². The fourth-order valence-corrected chi connectivity index (χ4v) is 3.35. The molecule has 0 aliphatic carbocycles. The Morgan fingerprint density at radius 3 is 3.00 bits per heavy atom. The summed E-state index contributed by atoms with van der Waals surface area (Å²) in [4.78, 5) is 5.16. The van der Waals surface area contributed by atoms with Crippen LogP contribution in [0.15, 0.2) is 10.6 Å². The molecule has 20 heavy (non-hydrogen) atoms. The Balaban J connectivity index is 1.47. The summed E-state index contributed by atoms with van der Waals surface area (Å²) in [7, 11) is 0. The molecule has 0 aromatic carbocycles. The first-order valence-corrected chi connectivity index (χ1v) is 7.96. The van der Waals surface area contributed by atoms with Gasteiger partial charge in [0.05, 0.1) is 12.2 Å². The van der Waals surface area contributed by atoms with Gasteiger partial charge in [-0.1, -0.05) is 12.1 Å².